The van der Waals surface area contributed by atoms with Gasteiger partial charge in [-0.15, -0.1) is 5.10 Å². The first-order valence-corrected chi connectivity index (χ1v) is 5.97. The predicted octanol–water partition coefficient (Wildman–Crippen LogP) is 0.991. The number of aromatic nitrogens is 3. The van der Waals surface area contributed by atoms with Gasteiger partial charge in [0.2, 0.25) is 5.82 Å². The van der Waals surface area contributed by atoms with E-state index < -0.39 is 17.6 Å². The highest BCUT2D eigenvalue weighted by molar-refractivity contribution is 5.90. The first kappa shape index (κ1) is 14.6. The number of hydrogen-bond acceptors (Lipinski definition) is 4. The molecule has 1 aromatic heterocycles. The van der Waals surface area contributed by atoms with Gasteiger partial charge in [0.1, 0.15) is 5.82 Å². The van der Waals surface area contributed by atoms with Crippen LogP contribution in [0.4, 0.5) is 0 Å². The highest BCUT2D eigenvalue weighted by atomic mass is 16.3. The summed E-state index contributed by atoms with van der Waals surface area (Å²) in [7, 11) is 0. The third-order valence-corrected chi connectivity index (χ3v) is 2.88. The minimum absolute atomic E-state index is 0.0913. The highest BCUT2D eigenvalue weighted by Gasteiger charge is 2.29. The van der Waals surface area contributed by atoms with Crippen LogP contribution < -0.4 is 5.32 Å². The lowest BCUT2D eigenvalue weighted by atomic mass is 9.96. The molecule has 1 rings (SSSR count). The number of hydrogen-bond donors (Lipinski definition) is 3. The molecule has 1 unspecified atom stereocenters. The Labute approximate surface area is 107 Å². The number of nitrogens with zero attached hydrogens (tertiary/aromatic N) is 2. The summed E-state index contributed by atoms with van der Waals surface area (Å²) < 4.78 is 0. The average molecular weight is 254 g/mol. The van der Waals surface area contributed by atoms with Gasteiger partial charge in [0.25, 0.3) is 5.91 Å². The first-order valence-electron chi connectivity index (χ1n) is 5.97. The van der Waals surface area contributed by atoms with Gasteiger partial charge in [-0.05, 0) is 20.8 Å². The van der Waals surface area contributed by atoms with Gasteiger partial charge < -0.3 is 10.4 Å². The number of rotatable bonds is 3. The fourth-order valence-corrected chi connectivity index (χ4v) is 1.15. The third-order valence-electron chi connectivity index (χ3n) is 2.88. The van der Waals surface area contributed by atoms with Crippen molar-refractivity contribution in [3.63, 3.8) is 0 Å². The summed E-state index contributed by atoms with van der Waals surface area (Å²) in [6.45, 7) is 11.1. The fraction of sp³-hybridized carbons (Fsp3) is 0.750. The van der Waals surface area contributed by atoms with Crippen molar-refractivity contribution in [1.29, 1.82) is 0 Å². The maximum atomic E-state index is 11.9. The predicted molar refractivity (Wildman–Crippen MR) is 68.3 cm³/mol. The van der Waals surface area contributed by atoms with Crippen LogP contribution in [0.25, 0.3) is 0 Å². The molecule has 0 aromatic carbocycles. The van der Waals surface area contributed by atoms with Gasteiger partial charge in [-0.2, -0.15) is 0 Å². The summed E-state index contributed by atoms with van der Waals surface area (Å²) in [4.78, 5) is 16.1. The third kappa shape index (κ3) is 3.29. The molecular formula is C12H22N4O2. The van der Waals surface area contributed by atoms with Crippen molar-refractivity contribution < 1.29 is 9.90 Å². The number of aromatic amines is 1. The molecule has 0 aliphatic rings. The van der Waals surface area contributed by atoms with E-state index in [9.17, 15) is 9.90 Å². The topological polar surface area (TPSA) is 90.9 Å². The molecule has 0 aliphatic heterocycles. The summed E-state index contributed by atoms with van der Waals surface area (Å²) in [6.07, 6.45) is -0.664. The van der Waals surface area contributed by atoms with Crippen molar-refractivity contribution in [2.45, 2.75) is 58.6 Å². The zero-order valence-corrected chi connectivity index (χ0v) is 11.8. The Hall–Kier alpha value is -1.43. The van der Waals surface area contributed by atoms with Crippen LogP contribution in [0.5, 0.6) is 0 Å². The normalized spacial score (nSPS) is 14.4. The number of carbonyl (C=O) groups excluding carboxylic acids is 1. The second-order valence-electron chi connectivity index (χ2n) is 6.11. The molecule has 1 amide bonds. The van der Waals surface area contributed by atoms with Crippen LogP contribution in [0.3, 0.4) is 0 Å². The lowest BCUT2D eigenvalue weighted by Crippen LogP contribution is -2.51. The smallest absolute Gasteiger partial charge is 0.291 e. The minimum Gasteiger partial charge on any atom is -0.391 e. The van der Waals surface area contributed by atoms with Gasteiger partial charge in [-0.1, -0.05) is 20.8 Å². The summed E-state index contributed by atoms with van der Waals surface area (Å²) >= 11 is 0. The van der Waals surface area contributed by atoms with E-state index in [0.29, 0.717) is 5.82 Å². The van der Waals surface area contributed by atoms with Crippen molar-refractivity contribution in [3.05, 3.63) is 11.6 Å². The van der Waals surface area contributed by atoms with Crippen LogP contribution in [0.2, 0.25) is 0 Å². The van der Waals surface area contributed by atoms with E-state index in [-0.39, 0.29) is 11.2 Å². The number of aliphatic hydroxyl groups is 1. The summed E-state index contributed by atoms with van der Waals surface area (Å²) in [6, 6.07) is 0. The second kappa shape index (κ2) is 4.68. The maximum Gasteiger partial charge on any atom is 0.291 e. The number of aliphatic hydroxyl groups excluding tert-OH is 1. The molecular weight excluding hydrogens is 232 g/mol. The van der Waals surface area contributed by atoms with E-state index in [1.807, 2.05) is 20.8 Å². The number of amides is 1. The lowest BCUT2D eigenvalue weighted by Gasteiger charge is -2.28. The van der Waals surface area contributed by atoms with Crippen molar-refractivity contribution in [1.82, 2.24) is 20.5 Å². The van der Waals surface area contributed by atoms with Crippen LogP contribution in [0.15, 0.2) is 0 Å². The maximum absolute atomic E-state index is 11.9. The van der Waals surface area contributed by atoms with Gasteiger partial charge in [0, 0.05) is 5.41 Å². The Morgan fingerprint density at radius 2 is 1.89 bits per heavy atom. The standard InChI is InChI=1S/C12H22N4O2/c1-7(17)12(5,6)14-9(18)8-13-10(16-15-8)11(2,3)4/h7,17H,1-6H3,(H,14,18)(H,13,15,16). The van der Waals surface area contributed by atoms with E-state index in [4.69, 9.17) is 0 Å². The minimum atomic E-state index is -0.723. The van der Waals surface area contributed by atoms with Crippen molar-refractivity contribution in [2.75, 3.05) is 0 Å². The molecule has 102 valence electrons. The number of nitrogens with one attached hydrogen (secondary N) is 2. The lowest BCUT2D eigenvalue weighted by molar-refractivity contribution is 0.0701. The molecule has 6 nitrogen and oxygen atoms in total. The van der Waals surface area contributed by atoms with E-state index in [0.717, 1.165) is 0 Å². The molecule has 1 aromatic rings. The zero-order chi connectivity index (χ0) is 14.1. The molecule has 3 N–H and O–H groups in total. The van der Waals surface area contributed by atoms with Crippen LogP contribution in [0, 0.1) is 0 Å². The summed E-state index contributed by atoms with van der Waals surface area (Å²) in [5.74, 6) is 0.351. The molecule has 0 saturated heterocycles. The monoisotopic (exact) mass is 254 g/mol. The molecule has 0 fully saturated rings. The van der Waals surface area contributed by atoms with Gasteiger partial charge >= 0.3 is 0 Å². The SMILES string of the molecule is CC(O)C(C)(C)NC(=O)c1n[nH]c(C(C)(C)C)n1. The molecule has 0 radical (unpaired) electrons. The quantitative estimate of drug-likeness (QED) is 0.750. The van der Waals surface area contributed by atoms with Crippen LogP contribution in [-0.2, 0) is 5.41 Å². The highest BCUT2D eigenvalue weighted by Crippen LogP contribution is 2.17. The van der Waals surface area contributed by atoms with E-state index in [2.05, 4.69) is 20.5 Å². The number of H-pyrrole nitrogens is 1. The van der Waals surface area contributed by atoms with Crippen molar-refractivity contribution >= 4 is 5.91 Å². The molecule has 0 spiro atoms. The number of carbonyl (C=O) groups is 1. The molecule has 0 aliphatic carbocycles. The van der Waals surface area contributed by atoms with Crippen LogP contribution in [-0.4, -0.2) is 37.8 Å². The van der Waals surface area contributed by atoms with Gasteiger partial charge in [0.05, 0.1) is 11.6 Å². The van der Waals surface area contributed by atoms with E-state index >= 15 is 0 Å². The second-order valence-corrected chi connectivity index (χ2v) is 6.11. The fourth-order valence-electron chi connectivity index (χ4n) is 1.15. The molecule has 1 heterocycles. The van der Waals surface area contributed by atoms with Gasteiger partial charge in [-0.25, -0.2) is 4.98 Å². The Bertz CT molecular complexity index is 430. The summed E-state index contributed by atoms with van der Waals surface area (Å²) in [5.41, 5.74) is -0.912. The van der Waals surface area contributed by atoms with Crippen LogP contribution >= 0.6 is 0 Å². The Morgan fingerprint density at radius 1 is 1.33 bits per heavy atom. The summed E-state index contributed by atoms with van der Waals surface area (Å²) in [5, 5.41) is 18.9. The largest absolute Gasteiger partial charge is 0.391 e. The molecule has 1 atom stereocenters. The Balaban J connectivity index is 2.84. The molecule has 18 heavy (non-hydrogen) atoms. The molecule has 0 bridgehead atoms. The zero-order valence-electron chi connectivity index (χ0n) is 11.8. The van der Waals surface area contributed by atoms with Crippen molar-refractivity contribution in [3.8, 4) is 0 Å². The Kier molecular flexibility index (Phi) is 3.81. The average Bonchev–Trinajstić information content (AvgIpc) is 2.64. The first-order chi connectivity index (χ1) is 8.04. The molecule has 0 saturated carbocycles. The molecule has 6 heteroatoms. The van der Waals surface area contributed by atoms with E-state index in [1.54, 1.807) is 20.8 Å². The van der Waals surface area contributed by atoms with Gasteiger partial charge in [-0.3, -0.25) is 9.89 Å². The van der Waals surface area contributed by atoms with Crippen molar-refractivity contribution in [2.24, 2.45) is 0 Å². The van der Waals surface area contributed by atoms with Gasteiger partial charge in [0.15, 0.2) is 0 Å². The Morgan fingerprint density at radius 3 is 2.28 bits per heavy atom. The van der Waals surface area contributed by atoms with Crippen LogP contribution in [0.1, 0.15) is 58.0 Å². The van der Waals surface area contributed by atoms with E-state index in [1.165, 1.54) is 0 Å².